The molecule has 2 rings (SSSR count). The Kier molecular flexibility index (Phi) is 6.80. The summed E-state index contributed by atoms with van der Waals surface area (Å²) in [4.78, 5) is 12.4. The average molecular weight is 373 g/mol. The van der Waals surface area contributed by atoms with Crippen molar-refractivity contribution in [1.82, 2.24) is 4.90 Å². The average Bonchev–Trinajstić information content (AvgIpc) is 2.61. The molecule has 0 spiro atoms. The molecule has 0 aliphatic carbocycles. The molecule has 0 heterocycles. The van der Waals surface area contributed by atoms with Crippen LogP contribution in [0, 0.1) is 11.8 Å². The highest BCUT2D eigenvalue weighted by molar-refractivity contribution is 5.79. The highest BCUT2D eigenvalue weighted by atomic mass is 19.4. The Hall–Kier alpha value is -3.04. The molecule has 1 N–H and O–H groups in total. The van der Waals surface area contributed by atoms with Gasteiger partial charge in [-0.2, -0.15) is 13.2 Å². The van der Waals surface area contributed by atoms with Gasteiger partial charge in [-0.05, 0) is 36.9 Å². The Morgan fingerprint density at radius 3 is 2.30 bits per heavy atom. The van der Waals surface area contributed by atoms with Crippen LogP contribution in [0.1, 0.15) is 16.7 Å². The Morgan fingerprint density at radius 1 is 1.11 bits per heavy atom. The molecule has 3 nitrogen and oxygen atoms in total. The minimum absolute atomic E-state index is 0.106. The van der Waals surface area contributed by atoms with Crippen LogP contribution >= 0.6 is 0 Å². The SMILES string of the molecule is CN(C/C=C(/C#Cc1ccc(C(F)(F)F)cc1)c1ccccc1)CC(=O)O. The van der Waals surface area contributed by atoms with E-state index >= 15 is 0 Å². The van der Waals surface area contributed by atoms with Crippen molar-refractivity contribution < 1.29 is 23.1 Å². The largest absolute Gasteiger partial charge is 0.480 e. The van der Waals surface area contributed by atoms with Crippen LogP contribution in [0.4, 0.5) is 13.2 Å². The van der Waals surface area contributed by atoms with E-state index < -0.39 is 17.7 Å². The number of hydrogen-bond acceptors (Lipinski definition) is 2. The van der Waals surface area contributed by atoms with Gasteiger partial charge in [0.1, 0.15) is 0 Å². The van der Waals surface area contributed by atoms with Crippen LogP contribution in [-0.4, -0.2) is 36.1 Å². The quantitative estimate of drug-likeness (QED) is 0.801. The Bertz CT molecular complexity index is 860. The second-order valence-corrected chi connectivity index (χ2v) is 5.90. The number of nitrogens with zero attached hydrogens (tertiary/aromatic N) is 1. The summed E-state index contributed by atoms with van der Waals surface area (Å²) < 4.78 is 37.9. The van der Waals surface area contributed by atoms with Gasteiger partial charge in [0.05, 0.1) is 12.1 Å². The summed E-state index contributed by atoms with van der Waals surface area (Å²) in [5, 5.41) is 8.83. The number of allylic oxidation sites excluding steroid dienone is 1. The summed E-state index contributed by atoms with van der Waals surface area (Å²) in [6.07, 6.45) is -2.58. The lowest BCUT2D eigenvalue weighted by Crippen LogP contribution is -2.25. The third kappa shape index (κ3) is 6.65. The number of alkyl halides is 3. The zero-order chi connectivity index (χ0) is 19.9. The molecule has 0 fully saturated rings. The summed E-state index contributed by atoms with van der Waals surface area (Å²) in [5.41, 5.74) is 1.26. The van der Waals surface area contributed by atoms with Crippen molar-refractivity contribution in [2.75, 3.05) is 20.1 Å². The summed E-state index contributed by atoms with van der Waals surface area (Å²) in [6, 6.07) is 13.9. The molecule has 0 unspecified atom stereocenters. The first-order chi connectivity index (χ1) is 12.8. The number of halogens is 3. The minimum Gasteiger partial charge on any atom is -0.480 e. The van der Waals surface area contributed by atoms with Gasteiger partial charge in [0.25, 0.3) is 0 Å². The molecule has 0 aliphatic rings. The van der Waals surface area contributed by atoms with Crippen LogP contribution in [0.5, 0.6) is 0 Å². The summed E-state index contributed by atoms with van der Waals surface area (Å²) in [6.45, 7) is 0.267. The molecule has 6 heteroatoms. The number of aliphatic carboxylic acids is 1. The van der Waals surface area contributed by atoms with Gasteiger partial charge in [-0.15, -0.1) is 0 Å². The third-order valence-corrected chi connectivity index (χ3v) is 3.65. The second-order valence-electron chi connectivity index (χ2n) is 5.90. The number of hydrogen-bond donors (Lipinski definition) is 1. The standard InChI is InChI=1S/C21H18F3NO2/c1-25(15-20(26)27)14-13-18(17-5-3-2-4-6-17)10-7-16-8-11-19(12-9-16)21(22,23)24/h2-6,8-9,11-13H,14-15H2,1H3,(H,26,27)/b18-13-. The lowest BCUT2D eigenvalue weighted by Gasteiger charge is -2.11. The van der Waals surface area contributed by atoms with E-state index in [0.717, 1.165) is 17.7 Å². The number of likely N-dealkylation sites (N-methyl/N-ethyl adjacent to an activating group) is 1. The smallest absolute Gasteiger partial charge is 0.416 e. The molecule has 0 radical (unpaired) electrons. The van der Waals surface area contributed by atoms with E-state index in [2.05, 4.69) is 11.8 Å². The van der Waals surface area contributed by atoms with E-state index in [1.54, 1.807) is 18.0 Å². The molecular formula is C21H18F3NO2. The topological polar surface area (TPSA) is 40.5 Å². The molecule has 2 aromatic rings. The first-order valence-electron chi connectivity index (χ1n) is 8.11. The van der Waals surface area contributed by atoms with Crippen LogP contribution in [0.15, 0.2) is 60.7 Å². The molecule has 2 aromatic carbocycles. The van der Waals surface area contributed by atoms with Crippen LogP contribution in [-0.2, 0) is 11.0 Å². The molecule has 0 atom stereocenters. The fourth-order valence-corrected chi connectivity index (χ4v) is 2.28. The molecule has 0 saturated heterocycles. The lowest BCUT2D eigenvalue weighted by atomic mass is 10.0. The molecule has 27 heavy (non-hydrogen) atoms. The van der Waals surface area contributed by atoms with Gasteiger partial charge in [0.2, 0.25) is 0 Å². The van der Waals surface area contributed by atoms with E-state index in [9.17, 15) is 18.0 Å². The Balaban J connectivity index is 2.25. The van der Waals surface area contributed by atoms with E-state index in [1.807, 2.05) is 30.3 Å². The second kappa shape index (κ2) is 9.06. The van der Waals surface area contributed by atoms with Crippen molar-refractivity contribution in [3.63, 3.8) is 0 Å². The number of carboxylic acids is 1. The third-order valence-electron chi connectivity index (χ3n) is 3.65. The first kappa shape index (κ1) is 20.3. The van der Waals surface area contributed by atoms with E-state index in [1.165, 1.54) is 12.1 Å². The van der Waals surface area contributed by atoms with Gasteiger partial charge in [-0.3, -0.25) is 9.69 Å². The minimum atomic E-state index is -4.38. The van der Waals surface area contributed by atoms with Gasteiger partial charge in [-0.1, -0.05) is 48.2 Å². The first-order valence-corrected chi connectivity index (χ1v) is 8.11. The highest BCUT2D eigenvalue weighted by Gasteiger charge is 2.29. The zero-order valence-corrected chi connectivity index (χ0v) is 14.6. The van der Waals surface area contributed by atoms with Gasteiger partial charge in [-0.25, -0.2) is 0 Å². The van der Waals surface area contributed by atoms with Crippen molar-refractivity contribution in [2.45, 2.75) is 6.18 Å². The van der Waals surface area contributed by atoms with Crippen molar-refractivity contribution >= 4 is 11.5 Å². The van der Waals surface area contributed by atoms with E-state index in [0.29, 0.717) is 17.7 Å². The molecule has 0 aliphatic heterocycles. The summed E-state index contributed by atoms with van der Waals surface area (Å²) in [7, 11) is 1.68. The number of carbonyl (C=O) groups is 1. The lowest BCUT2D eigenvalue weighted by molar-refractivity contribution is -0.138. The Labute approximate surface area is 155 Å². The maximum absolute atomic E-state index is 12.6. The van der Waals surface area contributed by atoms with Gasteiger partial charge >= 0.3 is 12.1 Å². The van der Waals surface area contributed by atoms with Crippen molar-refractivity contribution in [2.24, 2.45) is 0 Å². The fraction of sp³-hybridized carbons (Fsp3) is 0.190. The van der Waals surface area contributed by atoms with E-state index in [-0.39, 0.29) is 6.54 Å². The highest BCUT2D eigenvalue weighted by Crippen LogP contribution is 2.29. The van der Waals surface area contributed by atoms with Crippen LogP contribution in [0.25, 0.3) is 5.57 Å². The monoisotopic (exact) mass is 373 g/mol. The van der Waals surface area contributed by atoms with Gasteiger partial charge in [0, 0.05) is 17.7 Å². The number of rotatable bonds is 5. The molecule has 0 bridgehead atoms. The van der Waals surface area contributed by atoms with Gasteiger partial charge in [0.15, 0.2) is 0 Å². The zero-order valence-electron chi connectivity index (χ0n) is 14.6. The predicted octanol–water partition coefficient (Wildman–Crippen LogP) is 4.16. The molecule has 0 amide bonds. The molecule has 0 saturated carbocycles. The fourth-order valence-electron chi connectivity index (χ4n) is 2.28. The molecule has 140 valence electrons. The summed E-state index contributed by atoms with van der Waals surface area (Å²) >= 11 is 0. The predicted molar refractivity (Wildman–Crippen MR) is 97.9 cm³/mol. The van der Waals surface area contributed by atoms with Crippen molar-refractivity contribution in [3.05, 3.63) is 77.4 Å². The maximum atomic E-state index is 12.6. The van der Waals surface area contributed by atoms with Crippen LogP contribution < -0.4 is 0 Å². The van der Waals surface area contributed by atoms with Gasteiger partial charge < -0.3 is 5.11 Å². The van der Waals surface area contributed by atoms with Crippen LogP contribution in [0.3, 0.4) is 0 Å². The number of benzene rings is 2. The maximum Gasteiger partial charge on any atom is 0.416 e. The molecular weight excluding hydrogens is 355 g/mol. The Morgan fingerprint density at radius 2 is 1.74 bits per heavy atom. The molecule has 0 aromatic heterocycles. The van der Waals surface area contributed by atoms with Crippen molar-refractivity contribution in [3.8, 4) is 11.8 Å². The van der Waals surface area contributed by atoms with Crippen molar-refractivity contribution in [1.29, 1.82) is 0 Å². The van der Waals surface area contributed by atoms with E-state index in [4.69, 9.17) is 5.11 Å². The summed E-state index contributed by atoms with van der Waals surface area (Å²) in [5.74, 6) is 4.91. The number of carboxylic acid groups (broad SMARTS) is 1. The normalized spacial score (nSPS) is 11.8. The van der Waals surface area contributed by atoms with Crippen LogP contribution in [0.2, 0.25) is 0 Å².